The van der Waals surface area contributed by atoms with E-state index in [-0.39, 0.29) is 33.9 Å². The number of para-hydroxylation sites is 3. The van der Waals surface area contributed by atoms with E-state index in [9.17, 15) is 29.7 Å². The van der Waals surface area contributed by atoms with Gasteiger partial charge in [0.15, 0.2) is 0 Å². The maximum Gasteiger partial charge on any atom is 0.341 e. The van der Waals surface area contributed by atoms with Crippen molar-refractivity contribution in [2.24, 2.45) is 17.8 Å². The Morgan fingerprint density at radius 2 is 0.685 bits per heavy atom. The molecule has 0 radical (unpaired) electrons. The first kappa shape index (κ1) is 47.5. The molecule has 300 valence electrons. The smallest absolute Gasteiger partial charge is 0.341 e. The van der Waals surface area contributed by atoms with E-state index in [0.717, 1.165) is 77.0 Å². The minimum Gasteiger partial charge on any atom is -0.507 e. The third kappa shape index (κ3) is 19.0. The summed E-state index contributed by atoms with van der Waals surface area (Å²) >= 11 is 0. The molecule has 0 saturated heterocycles. The van der Waals surface area contributed by atoms with E-state index in [4.69, 9.17) is 14.2 Å². The summed E-state index contributed by atoms with van der Waals surface area (Å²) in [6.45, 7) is 14.1. The molecule has 0 saturated carbocycles. The summed E-state index contributed by atoms with van der Waals surface area (Å²) in [5.41, 5.74) is 0.716. The van der Waals surface area contributed by atoms with Gasteiger partial charge in [0.25, 0.3) is 0 Å². The van der Waals surface area contributed by atoms with Crippen LogP contribution in [-0.2, 0) is 14.2 Å². The lowest BCUT2D eigenvalue weighted by Gasteiger charge is -2.14. The van der Waals surface area contributed by atoms with Crippen LogP contribution in [0.2, 0.25) is 0 Å². The topological polar surface area (TPSA) is 140 Å². The third-order valence-electron chi connectivity index (χ3n) is 9.35. The average Bonchev–Trinajstić information content (AvgIpc) is 3.19. The molecule has 0 spiro atoms. The first-order valence-electron chi connectivity index (χ1n) is 19.9. The number of phenols is 3. The molecule has 3 rings (SSSR count). The molecule has 0 aliphatic heterocycles. The van der Waals surface area contributed by atoms with Crippen LogP contribution in [0.15, 0.2) is 72.8 Å². The number of hydrogen-bond donors (Lipinski definition) is 3. The van der Waals surface area contributed by atoms with E-state index in [1.54, 1.807) is 54.6 Å². The molecule has 0 heterocycles. The zero-order valence-corrected chi connectivity index (χ0v) is 33.6. The van der Waals surface area contributed by atoms with Crippen LogP contribution in [0.4, 0.5) is 0 Å². The molecular formula is C45H66O9. The van der Waals surface area contributed by atoms with Crippen LogP contribution in [0.1, 0.15) is 150 Å². The van der Waals surface area contributed by atoms with Crippen molar-refractivity contribution in [3.63, 3.8) is 0 Å². The number of unbranched alkanes of at least 4 members (excludes halogenated alkanes) is 3. The van der Waals surface area contributed by atoms with Gasteiger partial charge in [0.2, 0.25) is 0 Å². The maximum atomic E-state index is 11.8. The number of ether oxygens (including phenoxy) is 3. The van der Waals surface area contributed by atoms with E-state index in [1.807, 2.05) is 0 Å². The summed E-state index contributed by atoms with van der Waals surface area (Å²) in [5, 5.41) is 28.6. The molecule has 9 nitrogen and oxygen atoms in total. The predicted molar refractivity (Wildman–Crippen MR) is 215 cm³/mol. The summed E-state index contributed by atoms with van der Waals surface area (Å²) in [6.07, 6.45) is 13.2. The molecular weight excluding hydrogens is 684 g/mol. The van der Waals surface area contributed by atoms with E-state index in [1.165, 1.54) is 18.2 Å². The van der Waals surface area contributed by atoms with Crippen molar-refractivity contribution in [3.05, 3.63) is 89.5 Å². The fraction of sp³-hybridized carbons (Fsp3) is 0.533. The maximum absolute atomic E-state index is 11.8. The number of carbonyl (C=O) groups is 3. The standard InChI is InChI=1S/3C15H22O3/c3*1-3-5-8-12(4-2)11-18-15(17)13-9-6-7-10-14(13)16/h3*6-7,9-10,12,16H,3-5,8,11H2,1-2H3. The molecule has 0 amide bonds. The van der Waals surface area contributed by atoms with Gasteiger partial charge in [-0.05, 0) is 73.4 Å². The minimum atomic E-state index is -0.442. The number of benzene rings is 3. The summed E-state index contributed by atoms with van der Waals surface area (Å²) in [6, 6.07) is 19.4. The van der Waals surface area contributed by atoms with Gasteiger partial charge in [-0.15, -0.1) is 0 Å². The lowest BCUT2D eigenvalue weighted by atomic mass is 10.0. The van der Waals surface area contributed by atoms with Gasteiger partial charge in [-0.3, -0.25) is 0 Å². The van der Waals surface area contributed by atoms with Crippen molar-refractivity contribution < 1.29 is 43.9 Å². The molecule has 3 N–H and O–H groups in total. The molecule has 0 aliphatic carbocycles. The van der Waals surface area contributed by atoms with Crippen molar-refractivity contribution >= 4 is 17.9 Å². The Bertz CT molecular complexity index is 1300. The van der Waals surface area contributed by atoms with Crippen LogP contribution >= 0.6 is 0 Å². The van der Waals surface area contributed by atoms with Crippen LogP contribution in [0.25, 0.3) is 0 Å². The molecule has 0 aliphatic rings. The Morgan fingerprint density at radius 3 is 0.889 bits per heavy atom. The lowest BCUT2D eigenvalue weighted by molar-refractivity contribution is 0.0416. The Morgan fingerprint density at radius 1 is 0.444 bits per heavy atom. The largest absolute Gasteiger partial charge is 0.507 e. The second-order valence-electron chi connectivity index (χ2n) is 13.6. The van der Waals surface area contributed by atoms with E-state index < -0.39 is 17.9 Å². The Balaban J connectivity index is 0.000000405. The van der Waals surface area contributed by atoms with Crippen molar-refractivity contribution in [1.29, 1.82) is 0 Å². The van der Waals surface area contributed by atoms with Crippen LogP contribution in [0.5, 0.6) is 17.2 Å². The van der Waals surface area contributed by atoms with Gasteiger partial charge in [-0.2, -0.15) is 0 Å². The minimum absolute atomic E-state index is 0.0240. The summed E-state index contributed by atoms with van der Waals surface area (Å²) < 4.78 is 15.8. The Hall–Kier alpha value is -4.53. The van der Waals surface area contributed by atoms with Gasteiger partial charge in [0.05, 0.1) is 19.8 Å². The van der Waals surface area contributed by atoms with Crippen LogP contribution < -0.4 is 0 Å². The molecule has 0 bridgehead atoms. The Labute approximate surface area is 324 Å². The van der Waals surface area contributed by atoms with Crippen molar-refractivity contribution in [1.82, 2.24) is 0 Å². The predicted octanol–water partition coefficient (Wildman–Crippen LogP) is 11.3. The first-order chi connectivity index (χ1) is 26.1. The van der Waals surface area contributed by atoms with Crippen LogP contribution in [-0.4, -0.2) is 53.0 Å². The summed E-state index contributed by atoms with van der Waals surface area (Å²) in [5.74, 6) is -0.147. The molecule has 9 heteroatoms. The zero-order valence-electron chi connectivity index (χ0n) is 33.6. The fourth-order valence-electron chi connectivity index (χ4n) is 5.45. The van der Waals surface area contributed by atoms with E-state index >= 15 is 0 Å². The van der Waals surface area contributed by atoms with Crippen molar-refractivity contribution in [3.8, 4) is 17.2 Å². The number of hydrogen-bond acceptors (Lipinski definition) is 9. The lowest BCUT2D eigenvalue weighted by Crippen LogP contribution is -2.14. The molecule has 3 atom stereocenters. The Kier molecular flexibility index (Phi) is 25.4. The second kappa shape index (κ2) is 28.9. The highest BCUT2D eigenvalue weighted by Crippen LogP contribution is 2.21. The van der Waals surface area contributed by atoms with Gasteiger partial charge in [0, 0.05) is 0 Å². The highest BCUT2D eigenvalue weighted by molar-refractivity contribution is 5.93. The van der Waals surface area contributed by atoms with Gasteiger partial charge in [-0.25, -0.2) is 14.4 Å². The highest BCUT2D eigenvalue weighted by atomic mass is 16.5. The van der Waals surface area contributed by atoms with E-state index in [0.29, 0.717) is 37.6 Å². The molecule has 3 aromatic rings. The molecule has 0 aromatic heterocycles. The highest BCUT2D eigenvalue weighted by Gasteiger charge is 2.17. The summed E-state index contributed by atoms with van der Waals surface area (Å²) in [4.78, 5) is 35.3. The van der Waals surface area contributed by atoms with E-state index in [2.05, 4.69) is 41.5 Å². The average molecular weight is 751 g/mol. The van der Waals surface area contributed by atoms with Gasteiger partial charge in [0.1, 0.15) is 33.9 Å². The normalized spacial score (nSPS) is 12.1. The molecule has 54 heavy (non-hydrogen) atoms. The number of esters is 3. The number of rotatable bonds is 21. The second-order valence-corrected chi connectivity index (χ2v) is 13.6. The number of carbonyl (C=O) groups excluding carboxylic acids is 3. The molecule has 0 fully saturated rings. The quantitative estimate of drug-likeness (QED) is 0.0717. The molecule has 3 unspecified atom stereocenters. The summed E-state index contributed by atoms with van der Waals surface area (Å²) in [7, 11) is 0. The third-order valence-corrected chi connectivity index (χ3v) is 9.35. The van der Waals surface area contributed by atoms with Crippen LogP contribution in [0, 0.1) is 17.8 Å². The SMILES string of the molecule is CCCCC(CC)COC(=O)c1ccccc1O.CCCCC(CC)COC(=O)c1ccccc1O.CCCCC(CC)COC(=O)c1ccccc1O. The number of phenolic OH excluding ortho intramolecular Hbond substituents is 3. The van der Waals surface area contributed by atoms with Crippen molar-refractivity contribution in [2.75, 3.05) is 19.8 Å². The van der Waals surface area contributed by atoms with Gasteiger partial charge >= 0.3 is 17.9 Å². The number of aromatic hydroxyl groups is 3. The zero-order chi connectivity index (χ0) is 40.1. The van der Waals surface area contributed by atoms with Gasteiger partial charge in [-0.1, -0.05) is 136 Å². The van der Waals surface area contributed by atoms with Gasteiger partial charge < -0.3 is 29.5 Å². The fourth-order valence-corrected chi connectivity index (χ4v) is 5.45. The first-order valence-corrected chi connectivity index (χ1v) is 19.9. The van der Waals surface area contributed by atoms with Crippen LogP contribution in [0.3, 0.4) is 0 Å². The van der Waals surface area contributed by atoms with Crippen molar-refractivity contribution in [2.45, 2.75) is 119 Å². The molecule has 3 aromatic carbocycles. The monoisotopic (exact) mass is 750 g/mol.